The van der Waals surface area contributed by atoms with E-state index < -0.39 is 6.10 Å². The molecule has 0 amide bonds. The Bertz CT molecular complexity index is 295. The first kappa shape index (κ1) is 11.7. The summed E-state index contributed by atoms with van der Waals surface area (Å²) < 4.78 is 10.00. The van der Waals surface area contributed by atoms with Crippen LogP contribution in [-0.4, -0.2) is 25.8 Å². The van der Waals surface area contributed by atoms with Gasteiger partial charge in [0.2, 0.25) is 0 Å². The molecule has 3 nitrogen and oxygen atoms in total. The Kier molecular flexibility index (Phi) is 4.84. The van der Waals surface area contributed by atoms with Crippen molar-refractivity contribution >= 4 is 5.97 Å². The summed E-state index contributed by atoms with van der Waals surface area (Å²) in [6.07, 6.45) is 0.0591. The smallest absolute Gasteiger partial charge is 0.335 e. The molecule has 0 aliphatic rings. The molecule has 0 aliphatic carbocycles. The summed E-state index contributed by atoms with van der Waals surface area (Å²) in [6, 6.07) is 9.76. The number of esters is 1. The summed E-state index contributed by atoms with van der Waals surface area (Å²) in [7, 11) is 1.37. The van der Waals surface area contributed by atoms with Crippen LogP contribution in [0.25, 0.3) is 0 Å². The molecule has 1 unspecified atom stereocenters. The van der Waals surface area contributed by atoms with Gasteiger partial charge in [-0.05, 0) is 12.5 Å². The van der Waals surface area contributed by atoms with Crippen molar-refractivity contribution < 1.29 is 14.3 Å². The molecule has 1 atom stereocenters. The summed E-state index contributed by atoms with van der Waals surface area (Å²) in [5.74, 6) is -0.319. The molecule has 1 aromatic carbocycles. The van der Waals surface area contributed by atoms with Crippen LogP contribution >= 0.6 is 0 Å². The topological polar surface area (TPSA) is 35.5 Å². The molecule has 0 N–H and O–H groups in total. The van der Waals surface area contributed by atoms with Crippen LogP contribution in [-0.2, 0) is 20.7 Å². The fourth-order valence-corrected chi connectivity index (χ4v) is 1.37. The Hall–Kier alpha value is -1.35. The lowest BCUT2D eigenvalue weighted by molar-refractivity contribution is -0.153. The number of methoxy groups -OCH3 is 1. The zero-order chi connectivity index (χ0) is 11.1. The van der Waals surface area contributed by atoms with Crippen molar-refractivity contribution in [1.29, 1.82) is 0 Å². The maximum absolute atomic E-state index is 11.4. The molecule has 3 heteroatoms. The van der Waals surface area contributed by atoms with E-state index in [9.17, 15) is 4.79 Å². The van der Waals surface area contributed by atoms with E-state index in [4.69, 9.17) is 4.74 Å². The number of hydrogen-bond acceptors (Lipinski definition) is 3. The van der Waals surface area contributed by atoms with E-state index in [-0.39, 0.29) is 5.97 Å². The molecule has 0 fully saturated rings. The van der Waals surface area contributed by atoms with E-state index in [1.54, 1.807) is 0 Å². The average Bonchev–Trinajstić information content (AvgIpc) is 2.29. The van der Waals surface area contributed by atoms with Crippen LogP contribution in [0.5, 0.6) is 0 Å². The highest BCUT2D eigenvalue weighted by Gasteiger charge is 2.19. The highest BCUT2D eigenvalue weighted by Crippen LogP contribution is 2.07. The number of carbonyl (C=O) groups excluding carboxylic acids is 1. The lowest BCUT2D eigenvalue weighted by Gasteiger charge is -2.14. The molecule has 0 saturated heterocycles. The number of rotatable bonds is 5. The highest BCUT2D eigenvalue weighted by atomic mass is 16.6. The highest BCUT2D eigenvalue weighted by molar-refractivity contribution is 5.74. The lowest BCUT2D eigenvalue weighted by Crippen LogP contribution is -2.27. The summed E-state index contributed by atoms with van der Waals surface area (Å²) in [5, 5.41) is 0. The predicted octanol–water partition coefficient (Wildman–Crippen LogP) is 1.81. The van der Waals surface area contributed by atoms with Crippen molar-refractivity contribution in [2.75, 3.05) is 13.7 Å². The molecular weight excluding hydrogens is 192 g/mol. The fourth-order valence-electron chi connectivity index (χ4n) is 1.37. The van der Waals surface area contributed by atoms with Gasteiger partial charge in [-0.25, -0.2) is 4.79 Å². The monoisotopic (exact) mass is 208 g/mol. The van der Waals surface area contributed by atoms with Crippen LogP contribution in [0.15, 0.2) is 30.3 Å². The molecule has 0 aromatic heterocycles. The van der Waals surface area contributed by atoms with Crippen molar-refractivity contribution in [1.82, 2.24) is 0 Å². The fraction of sp³-hybridized carbons (Fsp3) is 0.417. The van der Waals surface area contributed by atoms with Gasteiger partial charge in [-0.1, -0.05) is 30.3 Å². The van der Waals surface area contributed by atoms with Crippen molar-refractivity contribution in [2.45, 2.75) is 19.4 Å². The molecule has 1 aromatic rings. The summed E-state index contributed by atoms with van der Waals surface area (Å²) >= 11 is 0. The first-order chi connectivity index (χ1) is 7.27. The van der Waals surface area contributed by atoms with Crippen LogP contribution < -0.4 is 0 Å². The second-order valence-electron chi connectivity index (χ2n) is 3.16. The van der Waals surface area contributed by atoms with Gasteiger partial charge in [0, 0.05) is 13.0 Å². The van der Waals surface area contributed by atoms with Crippen molar-refractivity contribution in [2.24, 2.45) is 0 Å². The minimum absolute atomic E-state index is 0.319. The molecule has 1 rings (SSSR count). The maximum atomic E-state index is 11.4. The molecule has 82 valence electrons. The van der Waals surface area contributed by atoms with Gasteiger partial charge < -0.3 is 9.47 Å². The van der Waals surface area contributed by atoms with Gasteiger partial charge in [0.25, 0.3) is 0 Å². The van der Waals surface area contributed by atoms with E-state index in [2.05, 4.69) is 4.74 Å². The second kappa shape index (κ2) is 6.19. The predicted molar refractivity (Wildman–Crippen MR) is 57.6 cm³/mol. The lowest BCUT2D eigenvalue weighted by atomic mass is 10.1. The van der Waals surface area contributed by atoms with Crippen molar-refractivity contribution in [3.63, 3.8) is 0 Å². The third-order valence-electron chi connectivity index (χ3n) is 2.10. The zero-order valence-corrected chi connectivity index (χ0v) is 9.10. The standard InChI is InChI=1S/C12H16O3/c1-3-15-11(12(13)14-2)9-10-7-5-4-6-8-10/h4-8,11H,3,9H2,1-2H3. The van der Waals surface area contributed by atoms with E-state index in [1.807, 2.05) is 37.3 Å². The van der Waals surface area contributed by atoms with Crippen molar-refractivity contribution in [3.05, 3.63) is 35.9 Å². The van der Waals surface area contributed by atoms with Gasteiger partial charge in [0.1, 0.15) is 0 Å². The third-order valence-corrected chi connectivity index (χ3v) is 2.10. The third kappa shape index (κ3) is 3.72. The van der Waals surface area contributed by atoms with Crippen LogP contribution in [0.3, 0.4) is 0 Å². The summed E-state index contributed by atoms with van der Waals surface area (Å²) in [5.41, 5.74) is 1.07. The van der Waals surface area contributed by atoms with E-state index >= 15 is 0 Å². The van der Waals surface area contributed by atoms with Gasteiger partial charge in [0.05, 0.1) is 7.11 Å². The van der Waals surface area contributed by atoms with E-state index in [0.29, 0.717) is 13.0 Å². The van der Waals surface area contributed by atoms with E-state index in [0.717, 1.165) is 5.56 Å². The molecule has 0 aliphatic heterocycles. The molecule has 0 heterocycles. The van der Waals surface area contributed by atoms with Crippen LogP contribution in [0.2, 0.25) is 0 Å². The Morgan fingerprint density at radius 1 is 1.33 bits per heavy atom. The molecule has 0 spiro atoms. The molecule has 0 saturated carbocycles. The van der Waals surface area contributed by atoms with Crippen LogP contribution in [0.1, 0.15) is 12.5 Å². The number of carbonyl (C=O) groups is 1. The largest absolute Gasteiger partial charge is 0.467 e. The van der Waals surface area contributed by atoms with Gasteiger partial charge in [-0.2, -0.15) is 0 Å². The van der Waals surface area contributed by atoms with Gasteiger partial charge in [-0.3, -0.25) is 0 Å². The maximum Gasteiger partial charge on any atom is 0.335 e. The van der Waals surface area contributed by atoms with Crippen molar-refractivity contribution in [3.8, 4) is 0 Å². The Labute approximate surface area is 90.0 Å². The minimum atomic E-state index is -0.498. The quantitative estimate of drug-likeness (QED) is 0.692. The van der Waals surface area contributed by atoms with Crippen LogP contribution in [0.4, 0.5) is 0 Å². The SMILES string of the molecule is CCOC(Cc1ccccc1)C(=O)OC. The van der Waals surface area contributed by atoms with E-state index in [1.165, 1.54) is 7.11 Å². The first-order valence-electron chi connectivity index (χ1n) is 5.01. The molecular formula is C12H16O3. The first-order valence-corrected chi connectivity index (χ1v) is 5.01. The van der Waals surface area contributed by atoms with Gasteiger partial charge in [0.15, 0.2) is 6.10 Å². The Morgan fingerprint density at radius 3 is 2.53 bits per heavy atom. The summed E-state index contributed by atoms with van der Waals surface area (Å²) in [6.45, 7) is 2.37. The van der Waals surface area contributed by atoms with Gasteiger partial charge >= 0.3 is 5.97 Å². The number of benzene rings is 1. The Morgan fingerprint density at radius 2 is 2.00 bits per heavy atom. The normalized spacial score (nSPS) is 12.1. The Balaban J connectivity index is 2.62. The molecule has 0 bridgehead atoms. The van der Waals surface area contributed by atoms with Gasteiger partial charge in [-0.15, -0.1) is 0 Å². The zero-order valence-electron chi connectivity index (χ0n) is 9.10. The summed E-state index contributed by atoms with van der Waals surface area (Å²) in [4.78, 5) is 11.4. The second-order valence-corrected chi connectivity index (χ2v) is 3.16. The van der Waals surface area contributed by atoms with Crippen LogP contribution in [0, 0.1) is 0 Å². The number of ether oxygens (including phenoxy) is 2. The molecule has 15 heavy (non-hydrogen) atoms. The molecule has 0 radical (unpaired) electrons. The number of hydrogen-bond donors (Lipinski definition) is 0. The minimum Gasteiger partial charge on any atom is -0.467 e. The average molecular weight is 208 g/mol.